The topological polar surface area (TPSA) is 75.1 Å². The van der Waals surface area contributed by atoms with Gasteiger partial charge in [0.05, 0.1) is 16.9 Å². The maximum absolute atomic E-state index is 13.6. The molecule has 0 spiro atoms. The Labute approximate surface area is 116 Å². The fourth-order valence-electron chi connectivity index (χ4n) is 1.45. The Morgan fingerprint density at radius 2 is 2.21 bits per heavy atom. The van der Waals surface area contributed by atoms with Gasteiger partial charge in [-0.2, -0.15) is 0 Å². The second kappa shape index (κ2) is 5.31. The van der Waals surface area contributed by atoms with Crippen molar-refractivity contribution in [3.8, 4) is 0 Å². The number of carboxylic acid groups (broad SMARTS) is 1. The zero-order valence-electron chi connectivity index (χ0n) is 9.82. The Morgan fingerprint density at radius 3 is 2.79 bits per heavy atom. The van der Waals surface area contributed by atoms with Crippen LogP contribution >= 0.6 is 15.9 Å². The Morgan fingerprint density at radius 1 is 1.47 bits per heavy atom. The van der Waals surface area contributed by atoms with Gasteiger partial charge < -0.3 is 10.4 Å². The van der Waals surface area contributed by atoms with Crippen molar-refractivity contribution in [2.45, 2.75) is 6.92 Å². The highest BCUT2D eigenvalue weighted by molar-refractivity contribution is 9.10. The van der Waals surface area contributed by atoms with Crippen molar-refractivity contribution >= 4 is 33.5 Å². The highest BCUT2D eigenvalue weighted by atomic mass is 79.9. The molecule has 1 aromatic heterocycles. The van der Waals surface area contributed by atoms with Crippen molar-refractivity contribution in [2.75, 3.05) is 5.32 Å². The molecule has 5 nitrogen and oxygen atoms in total. The fraction of sp³-hybridized carbons (Fsp3) is 0.0833. The SMILES string of the molecule is Cc1nc(Nc2ccc(Br)cc2F)ncc1C(=O)O. The zero-order valence-corrected chi connectivity index (χ0v) is 11.4. The number of benzene rings is 1. The van der Waals surface area contributed by atoms with Crippen molar-refractivity contribution in [2.24, 2.45) is 0 Å². The summed E-state index contributed by atoms with van der Waals surface area (Å²) in [6.45, 7) is 1.55. The van der Waals surface area contributed by atoms with E-state index in [0.717, 1.165) is 0 Å². The minimum Gasteiger partial charge on any atom is -0.478 e. The molecule has 2 N–H and O–H groups in total. The van der Waals surface area contributed by atoms with E-state index < -0.39 is 11.8 Å². The predicted molar refractivity (Wildman–Crippen MR) is 71.1 cm³/mol. The number of aryl methyl sites for hydroxylation is 1. The van der Waals surface area contributed by atoms with Crippen molar-refractivity contribution < 1.29 is 14.3 Å². The molecular formula is C12H9BrFN3O2. The normalized spacial score (nSPS) is 10.3. The molecule has 1 heterocycles. The zero-order chi connectivity index (χ0) is 14.0. The molecule has 0 aliphatic rings. The second-order valence-electron chi connectivity index (χ2n) is 3.75. The van der Waals surface area contributed by atoms with Crippen LogP contribution in [-0.2, 0) is 0 Å². The Bertz CT molecular complexity index is 649. The van der Waals surface area contributed by atoms with E-state index in [4.69, 9.17) is 5.11 Å². The van der Waals surface area contributed by atoms with Gasteiger partial charge in [0.15, 0.2) is 0 Å². The van der Waals surface area contributed by atoms with Crippen LogP contribution in [-0.4, -0.2) is 21.0 Å². The van der Waals surface area contributed by atoms with Crippen molar-refractivity contribution in [1.29, 1.82) is 0 Å². The van der Waals surface area contributed by atoms with Crippen LogP contribution in [0.25, 0.3) is 0 Å². The van der Waals surface area contributed by atoms with Crippen LogP contribution in [0.3, 0.4) is 0 Å². The molecule has 98 valence electrons. The van der Waals surface area contributed by atoms with Crippen LogP contribution in [0.2, 0.25) is 0 Å². The number of carbonyl (C=O) groups is 1. The number of nitrogens with one attached hydrogen (secondary N) is 1. The van der Waals surface area contributed by atoms with E-state index in [1.807, 2.05) is 0 Å². The smallest absolute Gasteiger partial charge is 0.339 e. The average molecular weight is 326 g/mol. The van der Waals surface area contributed by atoms with Gasteiger partial charge in [0.2, 0.25) is 5.95 Å². The number of aromatic nitrogens is 2. The summed E-state index contributed by atoms with van der Waals surface area (Å²) < 4.78 is 14.2. The molecule has 0 saturated carbocycles. The summed E-state index contributed by atoms with van der Waals surface area (Å²) >= 11 is 3.15. The van der Waals surface area contributed by atoms with Gasteiger partial charge in [-0.25, -0.2) is 19.2 Å². The van der Waals surface area contributed by atoms with Crippen molar-refractivity contribution in [3.05, 3.63) is 45.9 Å². The van der Waals surface area contributed by atoms with Gasteiger partial charge in [-0.15, -0.1) is 0 Å². The molecule has 2 rings (SSSR count). The monoisotopic (exact) mass is 325 g/mol. The number of hydrogen-bond donors (Lipinski definition) is 2. The molecule has 1 aromatic carbocycles. The van der Waals surface area contributed by atoms with Crippen molar-refractivity contribution in [1.82, 2.24) is 9.97 Å². The van der Waals surface area contributed by atoms with Crippen LogP contribution in [0.15, 0.2) is 28.9 Å². The second-order valence-corrected chi connectivity index (χ2v) is 4.66. The van der Waals surface area contributed by atoms with Crippen LogP contribution in [0.5, 0.6) is 0 Å². The molecule has 0 amide bonds. The van der Waals surface area contributed by atoms with Crippen LogP contribution in [0.1, 0.15) is 16.1 Å². The lowest BCUT2D eigenvalue weighted by molar-refractivity contribution is 0.0695. The fourth-order valence-corrected chi connectivity index (χ4v) is 1.78. The molecule has 0 fully saturated rings. The molecule has 0 bridgehead atoms. The number of aromatic carboxylic acids is 1. The third kappa shape index (κ3) is 3.05. The summed E-state index contributed by atoms with van der Waals surface area (Å²) in [6, 6.07) is 4.51. The maximum Gasteiger partial charge on any atom is 0.339 e. The minimum absolute atomic E-state index is 0.0156. The Kier molecular flexibility index (Phi) is 3.75. The molecule has 0 aliphatic heterocycles. The lowest BCUT2D eigenvalue weighted by Crippen LogP contribution is -2.06. The molecule has 0 aliphatic carbocycles. The van der Waals surface area contributed by atoms with E-state index >= 15 is 0 Å². The number of halogens is 2. The lowest BCUT2D eigenvalue weighted by atomic mass is 10.2. The average Bonchev–Trinajstić information content (AvgIpc) is 2.32. The summed E-state index contributed by atoms with van der Waals surface area (Å²) in [7, 11) is 0. The largest absolute Gasteiger partial charge is 0.478 e. The molecular weight excluding hydrogens is 317 g/mol. The molecule has 0 atom stereocenters. The first-order chi connectivity index (χ1) is 8.97. The van der Waals surface area contributed by atoms with Crippen LogP contribution < -0.4 is 5.32 Å². The van der Waals surface area contributed by atoms with Crippen LogP contribution in [0, 0.1) is 12.7 Å². The standard InChI is InChI=1S/C12H9BrFN3O2/c1-6-8(11(18)19)5-15-12(16-6)17-10-3-2-7(13)4-9(10)14/h2-5H,1H3,(H,18,19)(H,15,16,17). The Hall–Kier alpha value is -2.02. The summed E-state index contributed by atoms with van der Waals surface area (Å²) in [5.74, 6) is -1.42. The van der Waals surface area contributed by atoms with E-state index in [2.05, 4.69) is 31.2 Å². The van der Waals surface area contributed by atoms with Gasteiger partial charge in [-0.05, 0) is 25.1 Å². The molecule has 19 heavy (non-hydrogen) atoms. The molecule has 0 radical (unpaired) electrons. The third-order valence-electron chi connectivity index (χ3n) is 2.39. The molecule has 2 aromatic rings. The highest BCUT2D eigenvalue weighted by Crippen LogP contribution is 2.21. The maximum atomic E-state index is 13.6. The van der Waals surface area contributed by atoms with Gasteiger partial charge in [-0.3, -0.25) is 0 Å². The molecule has 0 saturated heterocycles. The van der Waals surface area contributed by atoms with E-state index in [-0.39, 0.29) is 17.2 Å². The number of carboxylic acids is 1. The minimum atomic E-state index is -1.10. The third-order valence-corrected chi connectivity index (χ3v) is 2.88. The van der Waals surface area contributed by atoms with Gasteiger partial charge in [0.25, 0.3) is 0 Å². The molecule has 0 unspecified atom stereocenters. The van der Waals surface area contributed by atoms with E-state index in [0.29, 0.717) is 10.2 Å². The van der Waals surface area contributed by atoms with E-state index in [1.165, 1.54) is 18.3 Å². The first-order valence-electron chi connectivity index (χ1n) is 5.26. The highest BCUT2D eigenvalue weighted by Gasteiger charge is 2.11. The van der Waals surface area contributed by atoms with Crippen molar-refractivity contribution in [3.63, 3.8) is 0 Å². The Balaban J connectivity index is 2.29. The van der Waals surface area contributed by atoms with E-state index in [9.17, 15) is 9.18 Å². The summed E-state index contributed by atoms with van der Waals surface area (Å²) in [4.78, 5) is 18.6. The van der Waals surface area contributed by atoms with Gasteiger partial charge in [0.1, 0.15) is 5.82 Å². The van der Waals surface area contributed by atoms with Gasteiger partial charge in [-0.1, -0.05) is 15.9 Å². The predicted octanol–water partition coefficient (Wildman–Crippen LogP) is 3.13. The lowest BCUT2D eigenvalue weighted by Gasteiger charge is -2.07. The quantitative estimate of drug-likeness (QED) is 0.906. The number of nitrogens with zero attached hydrogens (tertiary/aromatic N) is 2. The van der Waals surface area contributed by atoms with Crippen LogP contribution in [0.4, 0.5) is 16.0 Å². The summed E-state index contributed by atoms with van der Waals surface area (Å²) in [6.07, 6.45) is 1.18. The number of rotatable bonds is 3. The number of anilines is 2. The van der Waals surface area contributed by atoms with Gasteiger partial charge in [0, 0.05) is 10.7 Å². The first kappa shape index (κ1) is 13.4. The summed E-state index contributed by atoms with van der Waals surface area (Å²) in [5, 5.41) is 11.6. The van der Waals surface area contributed by atoms with E-state index in [1.54, 1.807) is 13.0 Å². The number of hydrogen-bond acceptors (Lipinski definition) is 4. The summed E-state index contributed by atoms with van der Waals surface area (Å²) in [5.41, 5.74) is 0.537. The molecule has 7 heteroatoms. The first-order valence-corrected chi connectivity index (χ1v) is 6.05. The van der Waals surface area contributed by atoms with Gasteiger partial charge >= 0.3 is 5.97 Å².